The number of nitrogens with zero attached hydrogens (tertiary/aromatic N) is 2. The first kappa shape index (κ1) is 15.0. The van der Waals surface area contributed by atoms with E-state index in [1.807, 2.05) is 19.1 Å². The van der Waals surface area contributed by atoms with Crippen LogP contribution in [0.15, 0.2) is 18.2 Å². The maximum Gasteiger partial charge on any atom is 0.238 e. The summed E-state index contributed by atoms with van der Waals surface area (Å²) >= 11 is 0. The molecule has 0 radical (unpaired) electrons. The molecule has 1 aliphatic heterocycles. The number of nitrogens with one attached hydrogen (secondary N) is 1. The van der Waals surface area contributed by atoms with Crippen molar-refractivity contribution in [3.63, 3.8) is 0 Å². The Balaban J connectivity index is 1.95. The topological polar surface area (TPSA) is 35.6 Å². The van der Waals surface area contributed by atoms with E-state index in [1.165, 1.54) is 5.56 Å². The average Bonchev–Trinajstić information content (AvgIpc) is 2.43. The summed E-state index contributed by atoms with van der Waals surface area (Å²) in [5, 5.41) is 3.09. The summed E-state index contributed by atoms with van der Waals surface area (Å²) in [6.07, 6.45) is 0.936. The number of anilines is 1. The van der Waals surface area contributed by atoms with Crippen LogP contribution in [0.2, 0.25) is 0 Å². The molecule has 4 heteroatoms. The highest BCUT2D eigenvalue weighted by atomic mass is 16.2. The van der Waals surface area contributed by atoms with Crippen LogP contribution in [-0.4, -0.2) is 55.5 Å². The zero-order chi connectivity index (χ0) is 14.5. The number of carbonyl (C=O) groups is 1. The van der Waals surface area contributed by atoms with Crippen LogP contribution in [0.25, 0.3) is 0 Å². The quantitative estimate of drug-likeness (QED) is 0.909. The molecule has 0 aromatic heterocycles. The average molecular weight is 275 g/mol. The summed E-state index contributed by atoms with van der Waals surface area (Å²) in [5.41, 5.74) is 3.34. The van der Waals surface area contributed by atoms with Gasteiger partial charge in [-0.25, -0.2) is 0 Å². The van der Waals surface area contributed by atoms with Gasteiger partial charge in [-0.1, -0.05) is 25.1 Å². The minimum atomic E-state index is 0.0959. The number of carbonyl (C=O) groups excluding carboxylic acids is 1. The van der Waals surface area contributed by atoms with E-state index in [0.717, 1.165) is 43.9 Å². The van der Waals surface area contributed by atoms with Crippen LogP contribution in [0.5, 0.6) is 0 Å². The Morgan fingerprint density at radius 1 is 1.25 bits per heavy atom. The van der Waals surface area contributed by atoms with Crippen LogP contribution in [0.3, 0.4) is 0 Å². The van der Waals surface area contributed by atoms with E-state index >= 15 is 0 Å². The molecule has 1 saturated heterocycles. The van der Waals surface area contributed by atoms with Gasteiger partial charge in [0.2, 0.25) is 5.91 Å². The summed E-state index contributed by atoms with van der Waals surface area (Å²) in [7, 11) is 2.12. The van der Waals surface area contributed by atoms with Crippen molar-refractivity contribution < 1.29 is 4.79 Å². The second-order valence-electron chi connectivity index (χ2n) is 5.59. The highest BCUT2D eigenvalue weighted by molar-refractivity contribution is 5.93. The SMILES string of the molecule is CCc1cccc(C)c1NC(=O)CN1CCN(C)CC1. The van der Waals surface area contributed by atoms with Crippen molar-refractivity contribution in [3.05, 3.63) is 29.3 Å². The third-order valence-electron chi connectivity index (χ3n) is 3.97. The second kappa shape index (κ2) is 6.86. The minimum Gasteiger partial charge on any atom is -0.324 e. The Kier molecular flexibility index (Phi) is 5.15. The summed E-state index contributed by atoms with van der Waals surface area (Å²) < 4.78 is 0. The Bertz CT molecular complexity index is 465. The van der Waals surface area contributed by atoms with Crippen molar-refractivity contribution in [2.75, 3.05) is 45.1 Å². The third-order valence-corrected chi connectivity index (χ3v) is 3.97. The highest BCUT2D eigenvalue weighted by Gasteiger charge is 2.17. The first-order chi connectivity index (χ1) is 9.60. The number of benzene rings is 1. The number of hydrogen-bond acceptors (Lipinski definition) is 3. The van der Waals surface area contributed by atoms with Gasteiger partial charge in [-0.05, 0) is 31.5 Å². The number of para-hydroxylation sites is 1. The molecule has 2 rings (SSSR count). The standard InChI is InChI=1S/C16H25N3O/c1-4-14-7-5-6-13(2)16(14)17-15(20)12-19-10-8-18(3)9-11-19/h5-7H,4,8-12H2,1-3H3,(H,17,20). The lowest BCUT2D eigenvalue weighted by Crippen LogP contribution is -2.47. The largest absolute Gasteiger partial charge is 0.324 e. The van der Waals surface area contributed by atoms with Gasteiger partial charge in [-0.2, -0.15) is 0 Å². The van der Waals surface area contributed by atoms with Gasteiger partial charge in [0.1, 0.15) is 0 Å². The van der Waals surface area contributed by atoms with Gasteiger partial charge in [0.15, 0.2) is 0 Å². The van der Waals surface area contributed by atoms with Crippen molar-refractivity contribution in [2.24, 2.45) is 0 Å². The molecule has 0 spiro atoms. The van der Waals surface area contributed by atoms with Crippen LogP contribution >= 0.6 is 0 Å². The van der Waals surface area contributed by atoms with Crippen molar-refractivity contribution in [2.45, 2.75) is 20.3 Å². The van der Waals surface area contributed by atoms with E-state index in [0.29, 0.717) is 6.54 Å². The monoisotopic (exact) mass is 275 g/mol. The van der Waals surface area contributed by atoms with Gasteiger partial charge in [-0.3, -0.25) is 9.69 Å². The highest BCUT2D eigenvalue weighted by Crippen LogP contribution is 2.21. The normalized spacial score (nSPS) is 17.1. The molecule has 0 bridgehead atoms. The lowest BCUT2D eigenvalue weighted by atomic mass is 10.1. The van der Waals surface area contributed by atoms with Crippen LogP contribution in [-0.2, 0) is 11.2 Å². The van der Waals surface area contributed by atoms with Crippen molar-refractivity contribution in [3.8, 4) is 0 Å². The van der Waals surface area contributed by atoms with E-state index in [1.54, 1.807) is 0 Å². The van der Waals surface area contributed by atoms with Gasteiger partial charge in [0.25, 0.3) is 0 Å². The number of rotatable bonds is 4. The van der Waals surface area contributed by atoms with E-state index in [2.05, 4.69) is 35.2 Å². The van der Waals surface area contributed by atoms with Crippen molar-refractivity contribution in [1.29, 1.82) is 0 Å². The zero-order valence-electron chi connectivity index (χ0n) is 12.8. The first-order valence-corrected chi connectivity index (χ1v) is 7.39. The molecule has 110 valence electrons. The zero-order valence-corrected chi connectivity index (χ0v) is 12.8. The predicted octanol–water partition coefficient (Wildman–Crippen LogP) is 1.74. The van der Waals surface area contributed by atoms with E-state index < -0.39 is 0 Å². The van der Waals surface area contributed by atoms with Crippen molar-refractivity contribution >= 4 is 11.6 Å². The number of aryl methyl sites for hydroxylation is 2. The number of piperazine rings is 1. The Labute approximate surface area is 121 Å². The van der Waals surface area contributed by atoms with Gasteiger partial charge >= 0.3 is 0 Å². The lowest BCUT2D eigenvalue weighted by molar-refractivity contribution is -0.117. The molecular formula is C16H25N3O. The summed E-state index contributed by atoms with van der Waals surface area (Å²) in [6.45, 7) is 8.67. The van der Waals surface area contributed by atoms with E-state index in [-0.39, 0.29) is 5.91 Å². The minimum absolute atomic E-state index is 0.0959. The lowest BCUT2D eigenvalue weighted by Gasteiger charge is -2.31. The molecule has 0 unspecified atom stereocenters. The molecule has 1 N–H and O–H groups in total. The molecule has 1 amide bonds. The van der Waals surface area contributed by atoms with Gasteiger partial charge in [-0.15, -0.1) is 0 Å². The number of likely N-dealkylation sites (N-methyl/N-ethyl adjacent to an activating group) is 1. The molecule has 1 aliphatic rings. The van der Waals surface area contributed by atoms with E-state index in [9.17, 15) is 4.79 Å². The maximum absolute atomic E-state index is 12.2. The molecule has 0 saturated carbocycles. The number of amides is 1. The Morgan fingerprint density at radius 2 is 1.95 bits per heavy atom. The molecule has 4 nitrogen and oxygen atoms in total. The van der Waals surface area contributed by atoms with Crippen LogP contribution < -0.4 is 5.32 Å². The fourth-order valence-corrected chi connectivity index (χ4v) is 2.59. The van der Waals surface area contributed by atoms with Gasteiger partial charge in [0, 0.05) is 31.9 Å². The summed E-state index contributed by atoms with van der Waals surface area (Å²) in [6, 6.07) is 6.17. The summed E-state index contributed by atoms with van der Waals surface area (Å²) in [4.78, 5) is 16.7. The van der Waals surface area contributed by atoms with Crippen LogP contribution in [0, 0.1) is 6.92 Å². The predicted molar refractivity (Wildman–Crippen MR) is 83.1 cm³/mol. The molecular weight excluding hydrogens is 250 g/mol. The Hall–Kier alpha value is -1.39. The molecule has 0 atom stereocenters. The molecule has 1 aromatic carbocycles. The maximum atomic E-state index is 12.2. The smallest absolute Gasteiger partial charge is 0.238 e. The Morgan fingerprint density at radius 3 is 2.60 bits per heavy atom. The number of hydrogen-bond donors (Lipinski definition) is 1. The van der Waals surface area contributed by atoms with Crippen LogP contribution in [0.4, 0.5) is 5.69 Å². The van der Waals surface area contributed by atoms with Gasteiger partial charge in [0.05, 0.1) is 6.54 Å². The third kappa shape index (κ3) is 3.81. The fourth-order valence-electron chi connectivity index (χ4n) is 2.59. The van der Waals surface area contributed by atoms with Crippen molar-refractivity contribution in [1.82, 2.24) is 9.80 Å². The van der Waals surface area contributed by atoms with E-state index in [4.69, 9.17) is 0 Å². The summed E-state index contributed by atoms with van der Waals surface area (Å²) in [5.74, 6) is 0.0959. The van der Waals surface area contributed by atoms with Crippen LogP contribution in [0.1, 0.15) is 18.1 Å². The molecule has 1 heterocycles. The first-order valence-electron chi connectivity index (χ1n) is 7.39. The van der Waals surface area contributed by atoms with Gasteiger partial charge < -0.3 is 10.2 Å². The molecule has 1 fully saturated rings. The second-order valence-corrected chi connectivity index (χ2v) is 5.59. The molecule has 1 aromatic rings. The molecule has 20 heavy (non-hydrogen) atoms. The fraction of sp³-hybridized carbons (Fsp3) is 0.562. The molecule has 0 aliphatic carbocycles.